The lowest BCUT2D eigenvalue weighted by Gasteiger charge is -2.08. The van der Waals surface area contributed by atoms with Gasteiger partial charge in [-0.2, -0.15) is 0 Å². The molecule has 0 aromatic heterocycles. The molecule has 1 aliphatic rings. The van der Waals surface area contributed by atoms with Crippen LogP contribution in [0.2, 0.25) is 0 Å². The lowest BCUT2D eigenvalue weighted by Crippen LogP contribution is -2.06. The van der Waals surface area contributed by atoms with E-state index in [1.807, 2.05) is 36.4 Å². The van der Waals surface area contributed by atoms with Gasteiger partial charge < -0.3 is 20.9 Å². The molecule has 0 bridgehead atoms. The van der Waals surface area contributed by atoms with E-state index in [2.05, 4.69) is 0 Å². The number of fused-ring (bicyclic) bond motifs is 3. The van der Waals surface area contributed by atoms with Gasteiger partial charge in [-0.3, -0.25) is 4.79 Å². The van der Waals surface area contributed by atoms with Gasteiger partial charge in [0.15, 0.2) is 5.78 Å². The van der Waals surface area contributed by atoms with Gasteiger partial charge in [0, 0.05) is 11.1 Å². The van der Waals surface area contributed by atoms with Gasteiger partial charge in [-0.05, 0) is 73.5 Å². The second kappa shape index (κ2) is 7.47. The first-order chi connectivity index (χ1) is 11.7. The Balaban J connectivity index is 1.83. The van der Waals surface area contributed by atoms with Crippen LogP contribution in [0.5, 0.6) is 11.5 Å². The zero-order chi connectivity index (χ0) is 16.9. The van der Waals surface area contributed by atoms with E-state index in [-0.39, 0.29) is 5.78 Å². The number of benzene rings is 2. The maximum absolute atomic E-state index is 12.6. The molecule has 0 spiro atoms. The average molecular weight is 326 g/mol. The topological polar surface area (TPSA) is 87.6 Å². The number of hydrogen-bond donors (Lipinski definition) is 2. The van der Waals surface area contributed by atoms with Crippen molar-refractivity contribution in [2.24, 2.45) is 11.5 Å². The number of carbonyl (C=O) groups excluding carboxylic acids is 1. The molecule has 0 amide bonds. The van der Waals surface area contributed by atoms with Crippen LogP contribution < -0.4 is 20.9 Å². The van der Waals surface area contributed by atoms with E-state index in [0.717, 1.165) is 29.7 Å². The summed E-state index contributed by atoms with van der Waals surface area (Å²) >= 11 is 0. The Labute approximate surface area is 141 Å². The Hall–Kier alpha value is -2.37. The van der Waals surface area contributed by atoms with Crippen LogP contribution in [0.4, 0.5) is 0 Å². The van der Waals surface area contributed by atoms with Gasteiger partial charge in [0.05, 0.1) is 13.2 Å². The molecule has 5 nitrogen and oxygen atoms in total. The third-order valence-electron chi connectivity index (χ3n) is 4.00. The zero-order valence-electron chi connectivity index (χ0n) is 13.6. The summed E-state index contributed by atoms with van der Waals surface area (Å²) in [4.78, 5) is 12.6. The fraction of sp³-hybridized carbons (Fsp3) is 0.316. The SMILES string of the molecule is NCCCOc1ccc2c(c1)C(=O)c1ccc(OCCCN)cc1-2. The molecule has 0 atom stereocenters. The molecule has 2 aromatic carbocycles. The Bertz CT molecular complexity index is 743. The van der Waals surface area contributed by atoms with Crippen molar-refractivity contribution in [3.63, 3.8) is 0 Å². The normalized spacial score (nSPS) is 12.0. The first-order valence-corrected chi connectivity index (χ1v) is 8.23. The van der Waals surface area contributed by atoms with E-state index in [1.54, 1.807) is 0 Å². The highest BCUT2D eigenvalue weighted by Crippen LogP contribution is 2.40. The average Bonchev–Trinajstić information content (AvgIpc) is 2.88. The van der Waals surface area contributed by atoms with Crippen molar-refractivity contribution < 1.29 is 14.3 Å². The largest absolute Gasteiger partial charge is 0.494 e. The van der Waals surface area contributed by atoms with Gasteiger partial charge in [-0.15, -0.1) is 0 Å². The summed E-state index contributed by atoms with van der Waals surface area (Å²) in [6.07, 6.45) is 1.59. The highest BCUT2D eigenvalue weighted by molar-refractivity contribution is 6.22. The molecule has 4 N–H and O–H groups in total. The van der Waals surface area contributed by atoms with Gasteiger partial charge in [-0.1, -0.05) is 0 Å². The molecular weight excluding hydrogens is 304 g/mol. The van der Waals surface area contributed by atoms with Crippen LogP contribution in [0.1, 0.15) is 28.8 Å². The van der Waals surface area contributed by atoms with Crippen molar-refractivity contribution in [1.29, 1.82) is 0 Å². The van der Waals surface area contributed by atoms with E-state index in [4.69, 9.17) is 20.9 Å². The minimum Gasteiger partial charge on any atom is -0.494 e. The fourth-order valence-corrected chi connectivity index (χ4v) is 2.76. The van der Waals surface area contributed by atoms with E-state index in [9.17, 15) is 4.79 Å². The summed E-state index contributed by atoms with van der Waals surface area (Å²) in [5.74, 6) is 1.48. The first kappa shape index (κ1) is 16.5. The minimum atomic E-state index is 0.0257. The van der Waals surface area contributed by atoms with Crippen LogP contribution in [-0.2, 0) is 0 Å². The molecule has 24 heavy (non-hydrogen) atoms. The van der Waals surface area contributed by atoms with Gasteiger partial charge in [-0.25, -0.2) is 0 Å². The standard InChI is InChI=1S/C19H22N2O3/c20-7-1-9-23-13-4-6-16-17(11-13)15-5-3-14(24-10-2-8-21)12-18(15)19(16)22/h3-6,11-12H,1-2,7-10,20-21H2. The number of rotatable bonds is 8. The molecule has 0 aliphatic heterocycles. The van der Waals surface area contributed by atoms with E-state index >= 15 is 0 Å². The van der Waals surface area contributed by atoms with E-state index < -0.39 is 0 Å². The van der Waals surface area contributed by atoms with Crippen molar-refractivity contribution in [3.8, 4) is 22.6 Å². The van der Waals surface area contributed by atoms with Crippen molar-refractivity contribution in [2.75, 3.05) is 26.3 Å². The number of ketones is 1. The summed E-state index contributed by atoms with van der Waals surface area (Å²) in [7, 11) is 0. The molecule has 0 heterocycles. The lowest BCUT2D eigenvalue weighted by atomic mass is 10.1. The summed E-state index contributed by atoms with van der Waals surface area (Å²) < 4.78 is 11.3. The zero-order valence-corrected chi connectivity index (χ0v) is 13.6. The maximum Gasteiger partial charge on any atom is 0.194 e. The Morgan fingerprint density at radius 1 is 0.708 bits per heavy atom. The number of carbonyl (C=O) groups is 1. The quantitative estimate of drug-likeness (QED) is 0.620. The molecule has 0 saturated heterocycles. The number of nitrogens with two attached hydrogens (primary N) is 2. The van der Waals surface area contributed by atoms with Crippen molar-refractivity contribution in [2.45, 2.75) is 12.8 Å². The van der Waals surface area contributed by atoms with Gasteiger partial charge in [0.25, 0.3) is 0 Å². The van der Waals surface area contributed by atoms with Crippen molar-refractivity contribution in [3.05, 3.63) is 47.5 Å². The lowest BCUT2D eigenvalue weighted by molar-refractivity contribution is 0.104. The molecule has 0 fully saturated rings. The minimum absolute atomic E-state index is 0.0257. The Kier molecular flexibility index (Phi) is 5.13. The monoisotopic (exact) mass is 326 g/mol. The Morgan fingerprint density at radius 3 is 1.83 bits per heavy atom. The highest BCUT2D eigenvalue weighted by Gasteiger charge is 2.27. The van der Waals surface area contributed by atoms with Gasteiger partial charge >= 0.3 is 0 Å². The first-order valence-electron chi connectivity index (χ1n) is 8.23. The second-order valence-corrected chi connectivity index (χ2v) is 5.73. The molecule has 0 radical (unpaired) electrons. The van der Waals surface area contributed by atoms with Crippen LogP contribution >= 0.6 is 0 Å². The molecule has 3 rings (SSSR count). The van der Waals surface area contributed by atoms with E-state index in [1.165, 1.54) is 0 Å². The number of ether oxygens (including phenoxy) is 2. The molecule has 2 aromatic rings. The van der Waals surface area contributed by atoms with Crippen molar-refractivity contribution in [1.82, 2.24) is 0 Å². The maximum atomic E-state index is 12.6. The summed E-state index contributed by atoms with van der Waals surface area (Å²) in [5.41, 5.74) is 14.2. The predicted octanol–water partition coefficient (Wildman–Crippen LogP) is 2.35. The van der Waals surface area contributed by atoms with Gasteiger partial charge in [0.1, 0.15) is 11.5 Å². The third-order valence-corrected chi connectivity index (χ3v) is 4.00. The summed E-state index contributed by atoms with van der Waals surface area (Å²) in [6.45, 7) is 2.31. The Morgan fingerprint density at radius 2 is 1.25 bits per heavy atom. The molecule has 0 saturated carbocycles. The van der Waals surface area contributed by atoms with Crippen LogP contribution in [0, 0.1) is 0 Å². The van der Waals surface area contributed by atoms with Gasteiger partial charge in [0.2, 0.25) is 0 Å². The number of hydrogen-bond acceptors (Lipinski definition) is 5. The molecular formula is C19H22N2O3. The molecule has 5 heteroatoms. The second-order valence-electron chi connectivity index (χ2n) is 5.73. The van der Waals surface area contributed by atoms with Crippen LogP contribution in [0.3, 0.4) is 0 Å². The molecule has 0 unspecified atom stereocenters. The summed E-state index contributed by atoms with van der Waals surface area (Å²) in [6, 6.07) is 11.2. The highest BCUT2D eigenvalue weighted by atomic mass is 16.5. The molecule has 126 valence electrons. The van der Waals surface area contributed by atoms with Crippen LogP contribution in [0.25, 0.3) is 11.1 Å². The summed E-state index contributed by atoms with van der Waals surface area (Å²) in [5, 5.41) is 0. The van der Waals surface area contributed by atoms with Crippen molar-refractivity contribution >= 4 is 5.78 Å². The van der Waals surface area contributed by atoms with Crippen LogP contribution in [0.15, 0.2) is 36.4 Å². The predicted molar refractivity (Wildman–Crippen MR) is 93.6 cm³/mol. The third kappa shape index (κ3) is 3.27. The molecule has 1 aliphatic carbocycles. The van der Waals surface area contributed by atoms with E-state index in [0.29, 0.717) is 43.2 Å². The smallest absolute Gasteiger partial charge is 0.194 e. The van der Waals surface area contributed by atoms with Crippen LogP contribution in [-0.4, -0.2) is 32.1 Å². The fourth-order valence-electron chi connectivity index (χ4n) is 2.76.